The first kappa shape index (κ1) is 22.6. The average molecular weight is 426 g/mol. The fraction of sp³-hybridized carbons (Fsp3) is 0.300. The summed E-state index contributed by atoms with van der Waals surface area (Å²) in [5.74, 6) is 0. The fourth-order valence-corrected chi connectivity index (χ4v) is 2.83. The van der Waals surface area contributed by atoms with Crippen LogP contribution in [0.2, 0.25) is 0 Å². The van der Waals surface area contributed by atoms with Crippen LogP contribution in [0.3, 0.4) is 0 Å². The van der Waals surface area contributed by atoms with Crippen LogP contribution in [0.1, 0.15) is 32.8 Å². The molecule has 3 aliphatic rings. The molecule has 0 heterocycles. The van der Waals surface area contributed by atoms with E-state index in [1.54, 1.807) is 0 Å². The maximum atomic E-state index is 3.64. The minimum atomic E-state index is 0. The van der Waals surface area contributed by atoms with Gasteiger partial charge in [0.05, 0.1) is 0 Å². The Morgan fingerprint density at radius 1 is 0.913 bits per heavy atom. The zero-order valence-electron chi connectivity index (χ0n) is 14.1. The summed E-state index contributed by atoms with van der Waals surface area (Å²) in [6, 6.07) is 15.0. The molecule has 0 saturated carbocycles. The Bertz CT molecular complexity index is 757. The topological polar surface area (TPSA) is 0 Å². The molecule has 1 aromatic rings. The first-order chi connectivity index (χ1) is 9.55. The van der Waals surface area contributed by atoms with Gasteiger partial charge in [-0.1, -0.05) is 69.9 Å². The van der Waals surface area contributed by atoms with Gasteiger partial charge in [-0.05, 0) is 11.1 Å². The summed E-state index contributed by atoms with van der Waals surface area (Å²) < 4.78 is 0. The van der Waals surface area contributed by atoms with E-state index in [4.69, 9.17) is 0 Å². The second-order valence-electron chi connectivity index (χ2n) is 6.01. The third-order valence-electron chi connectivity index (χ3n) is 4.83. The minimum Gasteiger partial charge on any atom is -0.191 e. The molecule has 23 heavy (non-hydrogen) atoms. The minimum absolute atomic E-state index is 0. The zero-order valence-corrected chi connectivity index (χ0v) is 18.2. The molecule has 1 aromatic carbocycles. The molecular formula is C20H23Cl2Zr-. The number of benzene rings is 2. The number of hydrogen-bond donors (Lipinski definition) is 0. The van der Waals surface area contributed by atoms with E-state index in [-0.39, 0.29) is 56.4 Å². The first-order valence-electron chi connectivity index (χ1n) is 7.38. The summed E-state index contributed by atoms with van der Waals surface area (Å²) in [6.45, 7) is 8.92. The van der Waals surface area contributed by atoms with Crippen LogP contribution in [0.15, 0.2) is 42.5 Å². The Balaban J connectivity index is 0.000000457. The molecule has 122 valence electrons. The van der Waals surface area contributed by atoms with Crippen LogP contribution < -0.4 is 10.4 Å². The van der Waals surface area contributed by atoms with Crippen LogP contribution >= 0.6 is 24.8 Å². The number of aryl methyl sites for hydroxylation is 1. The summed E-state index contributed by atoms with van der Waals surface area (Å²) in [5, 5.41) is 2.73. The quantitative estimate of drug-likeness (QED) is 0.493. The number of rotatable bonds is 1. The monoisotopic (exact) mass is 423 g/mol. The van der Waals surface area contributed by atoms with Gasteiger partial charge in [-0.3, -0.25) is 0 Å². The van der Waals surface area contributed by atoms with E-state index in [1.807, 2.05) is 0 Å². The van der Waals surface area contributed by atoms with Crippen molar-refractivity contribution >= 4 is 36.5 Å². The number of fused-ring (bicyclic) bond motifs is 2. The van der Waals surface area contributed by atoms with Gasteiger partial charge >= 0.3 is 0 Å². The van der Waals surface area contributed by atoms with Crippen LogP contribution in [0.5, 0.6) is 0 Å². The number of halogens is 2. The Labute approximate surface area is 171 Å². The predicted molar refractivity (Wildman–Crippen MR) is 101 cm³/mol. The van der Waals surface area contributed by atoms with Crippen molar-refractivity contribution in [2.45, 2.75) is 34.1 Å². The summed E-state index contributed by atoms with van der Waals surface area (Å²) >= 11 is 0. The van der Waals surface area contributed by atoms with Crippen molar-refractivity contribution in [3.05, 3.63) is 58.5 Å². The van der Waals surface area contributed by atoms with Gasteiger partial charge in [0.15, 0.2) is 0 Å². The van der Waals surface area contributed by atoms with Crippen LogP contribution in [-0.2, 0) is 26.2 Å². The molecule has 0 fully saturated rings. The zero-order chi connectivity index (χ0) is 14.3. The molecule has 0 saturated heterocycles. The SMILES string of the molecule is CCC1(C)[C-]=c2c(C)cccc2=C1C.Cl.Cl.[Zr].c1cc2ccc1-2. The molecule has 1 unspecified atom stereocenters. The molecule has 0 nitrogen and oxygen atoms in total. The van der Waals surface area contributed by atoms with Crippen molar-refractivity contribution in [1.82, 2.24) is 0 Å². The van der Waals surface area contributed by atoms with Gasteiger partial charge in [0.25, 0.3) is 0 Å². The number of hydrogen-bond acceptors (Lipinski definition) is 0. The third kappa shape index (κ3) is 4.01. The Morgan fingerprint density at radius 3 is 1.78 bits per heavy atom. The fourth-order valence-electron chi connectivity index (χ4n) is 2.83. The van der Waals surface area contributed by atoms with Gasteiger partial charge in [0.1, 0.15) is 0 Å². The van der Waals surface area contributed by atoms with Gasteiger partial charge in [0.2, 0.25) is 0 Å². The molecule has 0 aromatic heterocycles. The molecule has 0 amide bonds. The molecule has 0 spiro atoms. The van der Waals surface area contributed by atoms with Gasteiger partial charge in [-0.2, -0.15) is 16.9 Å². The molecule has 4 rings (SSSR count). The molecule has 3 aliphatic carbocycles. The second kappa shape index (κ2) is 8.66. The molecule has 0 radical (unpaired) electrons. The maximum Gasteiger partial charge on any atom is 0 e. The van der Waals surface area contributed by atoms with Crippen molar-refractivity contribution in [2.75, 3.05) is 0 Å². The van der Waals surface area contributed by atoms with Crippen molar-refractivity contribution in [3.63, 3.8) is 0 Å². The van der Waals surface area contributed by atoms with Crippen molar-refractivity contribution in [2.24, 2.45) is 5.41 Å². The standard InChI is InChI=1S/C14H17.C6H4.2ClH.Zr/c1-5-14(4)9-13-10(2)7-6-8-12(13)11(14)3;1-2-6-4-3-5(1)6;;;/h6-8H,5H2,1-4H3;1-4H;2*1H;/q-1;;;;. The van der Waals surface area contributed by atoms with E-state index in [2.05, 4.69) is 76.2 Å². The Morgan fingerprint density at radius 2 is 1.43 bits per heavy atom. The van der Waals surface area contributed by atoms with Gasteiger partial charge in [0, 0.05) is 26.2 Å². The molecule has 1 atom stereocenters. The van der Waals surface area contributed by atoms with Gasteiger partial charge in [-0.25, -0.2) is 0 Å². The third-order valence-corrected chi connectivity index (χ3v) is 4.83. The van der Waals surface area contributed by atoms with E-state index in [0.29, 0.717) is 0 Å². The van der Waals surface area contributed by atoms with Crippen LogP contribution in [0, 0.1) is 12.3 Å². The van der Waals surface area contributed by atoms with Gasteiger partial charge < -0.3 is 0 Å². The van der Waals surface area contributed by atoms with E-state index in [9.17, 15) is 0 Å². The molecular weight excluding hydrogens is 402 g/mol. The largest absolute Gasteiger partial charge is 0.191 e. The Kier molecular flexibility index (Phi) is 8.52. The average Bonchev–Trinajstić information content (AvgIpc) is 2.70. The summed E-state index contributed by atoms with van der Waals surface area (Å²) in [6.07, 6.45) is 4.77. The van der Waals surface area contributed by atoms with Crippen LogP contribution in [0.25, 0.3) is 22.8 Å². The second-order valence-corrected chi connectivity index (χ2v) is 6.01. The normalized spacial score (nSPS) is 18.0. The summed E-state index contributed by atoms with van der Waals surface area (Å²) in [4.78, 5) is 0. The van der Waals surface area contributed by atoms with Crippen LogP contribution in [0.4, 0.5) is 0 Å². The molecule has 0 aliphatic heterocycles. The van der Waals surface area contributed by atoms with Gasteiger partial charge in [-0.15, -0.1) is 47.7 Å². The first-order valence-corrected chi connectivity index (χ1v) is 7.38. The summed E-state index contributed by atoms with van der Waals surface area (Å²) in [7, 11) is 0. The molecule has 0 N–H and O–H groups in total. The summed E-state index contributed by atoms with van der Waals surface area (Å²) in [5.41, 5.74) is 5.83. The van der Waals surface area contributed by atoms with Crippen molar-refractivity contribution < 1.29 is 26.2 Å². The van der Waals surface area contributed by atoms with E-state index in [0.717, 1.165) is 6.42 Å². The van der Waals surface area contributed by atoms with E-state index < -0.39 is 0 Å². The van der Waals surface area contributed by atoms with E-state index >= 15 is 0 Å². The smallest absolute Gasteiger partial charge is 0 e. The molecule has 0 bridgehead atoms. The Hall–Kier alpha value is -0.357. The predicted octanol–water partition coefficient (Wildman–Crippen LogP) is 4.76. The maximum absolute atomic E-state index is 3.64. The van der Waals surface area contributed by atoms with Crippen LogP contribution in [-0.4, -0.2) is 0 Å². The molecule has 3 heteroatoms. The van der Waals surface area contributed by atoms with E-state index in [1.165, 1.54) is 32.7 Å². The van der Waals surface area contributed by atoms with Crippen molar-refractivity contribution in [1.29, 1.82) is 0 Å². The van der Waals surface area contributed by atoms with Crippen molar-refractivity contribution in [3.8, 4) is 11.1 Å².